The van der Waals surface area contributed by atoms with Gasteiger partial charge in [-0.25, -0.2) is 0 Å². The third kappa shape index (κ3) is 4.63. The van der Waals surface area contributed by atoms with E-state index in [1.165, 1.54) is 37.1 Å². The van der Waals surface area contributed by atoms with E-state index < -0.39 is 0 Å². The Morgan fingerprint density at radius 2 is 1.69 bits per heavy atom. The Morgan fingerprint density at radius 3 is 2.00 bits per heavy atom. The Morgan fingerprint density at radius 1 is 1.19 bits per heavy atom. The van der Waals surface area contributed by atoms with Gasteiger partial charge in [0.2, 0.25) is 0 Å². The van der Waals surface area contributed by atoms with Crippen molar-refractivity contribution in [1.29, 1.82) is 0 Å². The molecule has 1 nitrogen and oxygen atoms in total. The van der Waals surface area contributed by atoms with Crippen LogP contribution in [-0.4, -0.2) is 13.1 Å². The molecule has 1 heterocycles. The topological polar surface area (TPSA) is 12.0 Å². The van der Waals surface area contributed by atoms with Crippen LogP contribution in [0.4, 0.5) is 0 Å². The number of piperidine rings is 1. The van der Waals surface area contributed by atoms with Crippen molar-refractivity contribution in [3.8, 4) is 0 Å². The normalized spacial score (nSPS) is 16.1. The van der Waals surface area contributed by atoms with Crippen LogP contribution in [-0.2, 0) is 0 Å². The molecule has 1 N–H and O–H groups in total. The fourth-order valence-corrected chi connectivity index (χ4v) is 1.74. The summed E-state index contributed by atoms with van der Waals surface area (Å²) in [5.41, 5.74) is 2.74. The van der Waals surface area contributed by atoms with E-state index in [1.807, 2.05) is 0 Å². The lowest BCUT2D eigenvalue weighted by molar-refractivity contribution is 0.437. The summed E-state index contributed by atoms with van der Waals surface area (Å²) < 4.78 is 0. The van der Waals surface area contributed by atoms with E-state index in [4.69, 9.17) is 0 Å². The van der Waals surface area contributed by atoms with Gasteiger partial charge in [0.25, 0.3) is 0 Å². The molecular formula is C15H27N. The molecule has 1 fully saturated rings. The molecule has 0 bridgehead atoms. The molecule has 1 heteroatoms. The quantitative estimate of drug-likeness (QED) is 0.708. The fraction of sp³-hybridized carbons (Fsp3) is 0.467. The zero-order valence-corrected chi connectivity index (χ0v) is 10.5. The Balaban J connectivity index is 0. The first-order chi connectivity index (χ1) is 7.74. The van der Waals surface area contributed by atoms with Gasteiger partial charge in [-0.2, -0.15) is 0 Å². The van der Waals surface area contributed by atoms with Crippen LogP contribution in [0.1, 0.15) is 26.8 Å². The van der Waals surface area contributed by atoms with Crippen molar-refractivity contribution in [1.82, 2.24) is 5.32 Å². The lowest BCUT2D eigenvalue weighted by Gasteiger charge is -2.18. The number of aryl methyl sites for hydroxylation is 2. The maximum Gasteiger partial charge on any atom is 0 e. The molecule has 0 unspecified atom stereocenters. The molecule has 0 amide bonds. The standard InChI is InChI=1S/C8H10.C7H13N.2H2/c1-7-5-3-4-6-8(7)2;1-2-7-3-5-8-6-4-7;;/h3-6H,1-2H3;2,7-8H,1,3-6H2;2*1H. The smallest absolute Gasteiger partial charge is 0 e. The summed E-state index contributed by atoms with van der Waals surface area (Å²) in [6, 6.07) is 8.36. The molecule has 1 aromatic rings. The summed E-state index contributed by atoms with van der Waals surface area (Å²) in [7, 11) is 0. The number of hydrogen-bond donors (Lipinski definition) is 1. The maximum atomic E-state index is 3.76. The minimum absolute atomic E-state index is 0. The summed E-state index contributed by atoms with van der Waals surface area (Å²) in [5, 5.41) is 3.30. The second-order valence-electron chi connectivity index (χ2n) is 4.41. The molecule has 16 heavy (non-hydrogen) atoms. The van der Waals surface area contributed by atoms with Crippen molar-refractivity contribution in [2.24, 2.45) is 5.92 Å². The molecule has 1 saturated heterocycles. The molecule has 1 aromatic carbocycles. The Bertz CT molecular complexity index is 299. The number of benzene rings is 1. The summed E-state index contributed by atoms with van der Waals surface area (Å²) >= 11 is 0. The second-order valence-corrected chi connectivity index (χ2v) is 4.41. The average molecular weight is 221 g/mol. The van der Waals surface area contributed by atoms with Crippen LogP contribution in [0, 0.1) is 19.8 Å². The summed E-state index contributed by atoms with van der Waals surface area (Å²) in [6.07, 6.45) is 4.63. The van der Waals surface area contributed by atoms with Gasteiger partial charge in [0.1, 0.15) is 0 Å². The fourth-order valence-electron chi connectivity index (χ4n) is 1.74. The van der Waals surface area contributed by atoms with Gasteiger partial charge in [-0.05, 0) is 56.8 Å². The van der Waals surface area contributed by atoms with Crippen molar-refractivity contribution in [2.75, 3.05) is 13.1 Å². The van der Waals surface area contributed by atoms with E-state index in [1.54, 1.807) is 0 Å². The molecule has 1 aliphatic heterocycles. The lowest BCUT2D eigenvalue weighted by atomic mass is 9.99. The third-order valence-electron chi connectivity index (χ3n) is 3.14. The van der Waals surface area contributed by atoms with Crippen LogP contribution in [0.5, 0.6) is 0 Å². The largest absolute Gasteiger partial charge is 0.317 e. The zero-order valence-electron chi connectivity index (χ0n) is 10.5. The molecule has 0 spiro atoms. The van der Waals surface area contributed by atoms with Gasteiger partial charge in [-0.3, -0.25) is 0 Å². The van der Waals surface area contributed by atoms with Gasteiger partial charge >= 0.3 is 0 Å². The molecule has 0 radical (unpaired) electrons. The van der Waals surface area contributed by atoms with Gasteiger partial charge in [0, 0.05) is 2.85 Å². The van der Waals surface area contributed by atoms with Crippen molar-refractivity contribution in [3.05, 3.63) is 48.0 Å². The minimum Gasteiger partial charge on any atom is -0.317 e. The first kappa shape index (κ1) is 13.0. The van der Waals surface area contributed by atoms with E-state index in [9.17, 15) is 0 Å². The SMILES string of the molecule is C=CC1CCNCC1.Cc1ccccc1C.[HH].[HH]. The first-order valence-electron chi connectivity index (χ1n) is 6.09. The van der Waals surface area contributed by atoms with Crippen molar-refractivity contribution in [3.63, 3.8) is 0 Å². The predicted molar refractivity (Wildman–Crippen MR) is 75.9 cm³/mol. The highest BCUT2D eigenvalue weighted by Crippen LogP contribution is 2.10. The minimum atomic E-state index is 0. The van der Waals surface area contributed by atoms with E-state index in [0.29, 0.717) is 0 Å². The molecule has 0 atom stereocenters. The van der Waals surface area contributed by atoms with Crippen LogP contribution in [0.15, 0.2) is 36.9 Å². The molecule has 92 valence electrons. The van der Waals surface area contributed by atoms with Crippen molar-refractivity contribution < 1.29 is 2.85 Å². The highest BCUT2D eigenvalue weighted by atomic mass is 14.9. The number of allylic oxidation sites excluding steroid dienone is 1. The zero-order chi connectivity index (χ0) is 11.8. The van der Waals surface area contributed by atoms with E-state index in [0.717, 1.165) is 5.92 Å². The van der Waals surface area contributed by atoms with Gasteiger partial charge in [-0.15, -0.1) is 6.58 Å². The molecule has 1 aliphatic rings. The van der Waals surface area contributed by atoms with Crippen LogP contribution in [0.25, 0.3) is 0 Å². The van der Waals surface area contributed by atoms with Crippen LogP contribution in [0.2, 0.25) is 0 Å². The summed E-state index contributed by atoms with van der Waals surface area (Å²) in [4.78, 5) is 0. The third-order valence-corrected chi connectivity index (χ3v) is 3.14. The summed E-state index contributed by atoms with van der Waals surface area (Å²) in [6.45, 7) is 10.4. The number of nitrogens with one attached hydrogen (secondary N) is 1. The van der Waals surface area contributed by atoms with Gasteiger partial charge in [-0.1, -0.05) is 30.3 Å². The second kappa shape index (κ2) is 7.24. The predicted octanol–water partition coefficient (Wildman–Crippen LogP) is 3.97. The van der Waals surface area contributed by atoms with Crippen LogP contribution in [0.3, 0.4) is 0 Å². The monoisotopic (exact) mass is 221 g/mol. The van der Waals surface area contributed by atoms with Crippen LogP contribution < -0.4 is 5.32 Å². The molecule has 0 aromatic heterocycles. The lowest BCUT2D eigenvalue weighted by Crippen LogP contribution is -2.26. The van der Waals surface area contributed by atoms with Crippen molar-refractivity contribution in [2.45, 2.75) is 26.7 Å². The van der Waals surface area contributed by atoms with Gasteiger partial charge < -0.3 is 5.32 Å². The summed E-state index contributed by atoms with van der Waals surface area (Å²) in [5.74, 6) is 0.788. The molecule has 2 rings (SSSR count). The molecule has 0 saturated carbocycles. The Kier molecular flexibility index (Phi) is 5.87. The Hall–Kier alpha value is -1.08. The average Bonchev–Trinajstić information content (AvgIpc) is 2.35. The van der Waals surface area contributed by atoms with Crippen LogP contribution >= 0.6 is 0 Å². The van der Waals surface area contributed by atoms with E-state index in [2.05, 4.69) is 56.1 Å². The Labute approximate surface area is 103 Å². The first-order valence-corrected chi connectivity index (χ1v) is 6.09. The highest BCUT2D eigenvalue weighted by molar-refractivity contribution is 5.23. The van der Waals surface area contributed by atoms with Gasteiger partial charge in [0.15, 0.2) is 0 Å². The highest BCUT2D eigenvalue weighted by Gasteiger charge is 2.07. The molecular weight excluding hydrogens is 194 g/mol. The van der Waals surface area contributed by atoms with Gasteiger partial charge in [0.05, 0.1) is 0 Å². The number of hydrogen-bond acceptors (Lipinski definition) is 1. The van der Waals surface area contributed by atoms with E-state index in [-0.39, 0.29) is 2.85 Å². The van der Waals surface area contributed by atoms with Crippen molar-refractivity contribution >= 4 is 0 Å². The number of rotatable bonds is 1. The maximum absolute atomic E-state index is 3.76. The van der Waals surface area contributed by atoms with E-state index >= 15 is 0 Å². The molecule has 0 aliphatic carbocycles.